The molecule has 7 nitrogen and oxygen atoms in total. The molecule has 0 saturated carbocycles. The second-order valence-corrected chi connectivity index (χ2v) is 7.32. The smallest absolute Gasteiger partial charge is 0.258 e. The third-order valence-corrected chi connectivity index (χ3v) is 5.82. The van der Waals surface area contributed by atoms with Crippen molar-refractivity contribution in [2.24, 2.45) is 0 Å². The molecule has 1 aliphatic heterocycles. The van der Waals surface area contributed by atoms with Gasteiger partial charge in [0.15, 0.2) is 0 Å². The SMILES string of the molecule is N#Cc1c([N+](=O)[O-])cccc1S(=O)(=O)N1CC=C(c2ccccc2)C1. The van der Waals surface area contributed by atoms with Crippen molar-refractivity contribution in [1.82, 2.24) is 4.31 Å². The van der Waals surface area contributed by atoms with E-state index in [2.05, 4.69) is 0 Å². The number of nitro groups is 1. The van der Waals surface area contributed by atoms with Gasteiger partial charge in [-0.2, -0.15) is 9.57 Å². The van der Waals surface area contributed by atoms with Gasteiger partial charge in [-0.05, 0) is 17.2 Å². The molecule has 126 valence electrons. The topological polar surface area (TPSA) is 104 Å². The predicted molar refractivity (Wildman–Crippen MR) is 91.0 cm³/mol. The zero-order valence-electron chi connectivity index (χ0n) is 13.0. The number of nitro benzene ring substituents is 1. The molecule has 8 heteroatoms. The normalized spacial score (nSPS) is 14.8. The Morgan fingerprint density at radius 3 is 2.48 bits per heavy atom. The predicted octanol–water partition coefficient (Wildman–Crippen LogP) is 2.55. The summed E-state index contributed by atoms with van der Waals surface area (Å²) in [6, 6.07) is 14.6. The van der Waals surface area contributed by atoms with E-state index in [9.17, 15) is 23.8 Å². The molecule has 0 aliphatic carbocycles. The van der Waals surface area contributed by atoms with Crippen molar-refractivity contribution in [3.8, 4) is 6.07 Å². The van der Waals surface area contributed by atoms with Gasteiger partial charge in [0.1, 0.15) is 16.5 Å². The molecule has 0 bridgehead atoms. The van der Waals surface area contributed by atoms with Crippen molar-refractivity contribution >= 4 is 21.3 Å². The zero-order chi connectivity index (χ0) is 18.0. The largest absolute Gasteiger partial charge is 0.288 e. The molecule has 1 aliphatic rings. The molecular formula is C17H13N3O4S. The lowest BCUT2D eigenvalue weighted by atomic mass is 10.1. The van der Waals surface area contributed by atoms with Gasteiger partial charge in [0.05, 0.1) is 4.92 Å². The average molecular weight is 355 g/mol. The maximum absolute atomic E-state index is 12.9. The van der Waals surface area contributed by atoms with Gasteiger partial charge in [-0.25, -0.2) is 8.42 Å². The van der Waals surface area contributed by atoms with Crippen molar-refractivity contribution in [3.63, 3.8) is 0 Å². The molecule has 0 fully saturated rings. The van der Waals surface area contributed by atoms with Crippen LogP contribution in [0.2, 0.25) is 0 Å². The molecule has 0 aromatic heterocycles. The van der Waals surface area contributed by atoms with Crippen molar-refractivity contribution in [2.45, 2.75) is 4.90 Å². The number of hydrogen-bond acceptors (Lipinski definition) is 5. The monoisotopic (exact) mass is 355 g/mol. The summed E-state index contributed by atoms with van der Waals surface area (Å²) in [7, 11) is -4.02. The van der Waals surface area contributed by atoms with Gasteiger partial charge >= 0.3 is 0 Å². The summed E-state index contributed by atoms with van der Waals surface area (Å²) in [5.74, 6) is 0. The van der Waals surface area contributed by atoms with Crippen LogP contribution in [0.1, 0.15) is 11.1 Å². The van der Waals surface area contributed by atoms with Crippen LogP contribution in [0, 0.1) is 21.4 Å². The van der Waals surface area contributed by atoms with E-state index in [1.54, 1.807) is 12.1 Å². The number of benzene rings is 2. The molecule has 0 N–H and O–H groups in total. The van der Waals surface area contributed by atoms with Crippen LogP contribution in [0.3, 0.4) is 0 Å². The minimum Gasteiger partial charge on any atom is -0.258 e. The highest BCUT2D eigenvalue weighted by molar-refractivity contribution is 7.89. The second-order valence-electron chi connectivity index (χ2n) is 5.41. The molecule has 0 radical (unpaired) electrons. The van der Waals surface area contributed by atoms with Gasteiger partial charge < -0.3 is 0 Å². The van der Waals surface area contributed by atoms with Gasteiger partial charge in [0.2, 0.25) is 10.0 Å². The molecule has 0 unspecified atom stereocenters. The first-order valence-electron chi connectivity index (χ1n) is 7.37. The fraction of sp³-hybridized carbons (Fsp3) is 0.118. The Morgan fingerprint density at radius 2 is 1.84 bits per heavy atom. The molecule has 0 saturated heterocycles. The van der Waals surface area contributed by atoms with E-state index < -0.39 is 26.2 Å². The molecule has 2 aromatic rings. The first-order chi connectivity index (χ1) is 11.9. The maximum Gasteiger partial charge on any atom is 0.288 e. The Balaban J connectivity index is 1.96. The van der Waals surface area contributed by atoms with E-state index in [1.165, 1.54) is 16.4 Å². The third kappa shape index (κ3) is 3.03. The third-order valence-electron chi connectivity index (χ3n) is 3.96. The van der Waals surface area contributed by atoms with Crippen LogP contribution in [0.25, 0.3) is 5.57 Å². The standard InChI is InChI=1S/C17H13N3O4S/c18-11-15-16(20(21)22)7-4-8-17(15)25(23,24)19-10-9-14(12-19)13-5-2-1-3-6-13/h1-9H,10,12H2. The van der Waals surface area contributed by atoms with Gasteiger partial charge in [-0.3, -0.25) is 10.1 Å². The van der Waals surface area contributed by atoms with Crippen LogP contribution in [0.5, 0.6) is 0 Å². The first-order valence-corrected chi connectivity index (χ1v) is 8.81. The quantitative estimate of drug-likeness (QED) is 0.619. The van der Waals surface area contributed by atoms with Crippen molar-refractivity contribution in [1.29, 1.82) is 5.26 Å². The summed E-state index contributed by atoms with van der Waals surface area (Å²) in [4.78, 5) is 9.96. The number of sulfonamides is 1. The first kappa shape index (κ1) is 16.8. The van der Waals surface area contributed by atoms with Gasteiger partial charge in [-0.15, -0.1) is 0 Å². The van der Waals surface area contributed by atoms with E-state index in [4.69, 9.17) is 0 Å². The van der Waals surface area contributed by atoms with Gasteiger partial charge in [0.25, 0.3) is 5.69 Å². The zero-order valence-corrected chi connectivity index (χ0v) is 13.8. The van der Waals surface area contributed by atoms with Crippen molar-refractivity contribution in [3.05, 3.63) is 75.8 Å². The van der Waals surface area contributed by atoms with Crippen molar-refractivity contribution < 1.29 is 13.3 Å². The highest BCUT2D eigenvalue weighted by Gasteiger charge is 2.33. The summed E-state index contributed by atoms with van der Waals surface area (Å²) in [6.07, 6.45) is 1.80. The molecule has 1 heterocycles. The molecule has 3 rings (SSSR count). The molecule has 0 amide bonds. The number of hydrogen-bond donors (Lipinski definition) is 0. The Bertz CT molecular complexity index is 1010. The van der Waals surface area contributed by atoms with Gasteiger partial charge in [0, 0.05) is 19.2 Å². The van der Waals surface area contributed by atoms with Crippen LogP contribution < -0.4 is 0 Å². The Morgan fingerprint density at radius 1 is 1.12 bits per heavy atom. The van der Waals surface area contributed by atoms with Crippen LogP contribution >= 0.6 is 0 Å². The van der Waals surface area contributed by atoms with E-state index in [0.29, 0.717) is 0 Å². The molecule has 0 atom stereocenters. The van der Waals surface area contributed by atoms with Crippen LogP contribution in [-0.2, 0) is 10.0 Å². The molecule has 25 heavy (non-hydrogen) atoms. The molecular weight excluding hydrogens is 342 g/mol. The van der Waals surface area contributed by atoms with E-state index in [-0.39, 0.29) is 18.0 Å². The summed E-state index contributed by atoms with van der Waals surface area (Å²) in [6.45, 7) is 0.306. The van der Waals surface area contributed by atoms with Crippen molar-refractivity contribution in [2.75, 3.05) is 13.1 Å². The lowest BCUT2D eigenvalue weighted by Gasteiger charge is -2.17. The highest BCUT2D eigenvalue weighted by Crippen LogP contribution is 2.30. The highest BCUT2D eigenvalue weighted by atomic mass is 32.2. The molecule has 2 aromatic carbocycles. The summed E-state index contributed by atoms with van der Waals surface area (Å²) in [5, 5.41) is 20.3. The van der Waals surface area contributed by atoms with Crippen LogP contribution in [0.15, 0.2) is 59.5 Å². The summed E-state index contributed by atoms with van der Waals surface area (Å²) >= 11 is 0. The summed E-state index contributed by atoms with van der Waals surface area (Å²) < 4.78 is 27.0. The Hall–Kier alpha value is -3.02. The average Bonchev–Trinajstić information content (AvgIpc) is 3.12. The van der Waals surface area contributed by atoms with Crippen LogP contribution in [0.4, 0.5) is 5.69 Å². The number of nitrogens with zero attached hydrogens (tertiary/aromatic N) is 3. The maximum atomic E-state index is 12.9. The molecule has 0 spiro atoms. The Kier molecular flexibility index (Phi) is 4.35. The lowest BCUT2D eigenvalue weighted by molar-refractivity contribution is -0.385. The summed E-state index contributed by atoms with van der Waals surface area (Å²) in [5.41, 5.74) is 0.813. The lowest BCUT2D eigenvalue weighted by Crippen LogP contribution is -2.29. The van der Waals surface area contributed by atoms with E-state index in [1.807, 2.05) is 30.3 Å². The van der Waals surface area contributed by atoms with Crippen LogP contribution in [-0.4, -0.2) is 30.7 Å². The van der Waals surface area contributed by atoms with E-state index in [0.717, 1.165) is 17.2 Å². The van der Waals surface area contributed by atoms with E-state index >= 15 is 0 Å². The van der Waals surface area contributed by atoms with Gasteiger partial charge in [-0.1, -0.05) is 42.5 Å². The minimum absolute atomic E-state index is 0.153. The number of rotatable bonds is 4. The Labute approximate surface area is 144 Å². The fourth-order valence-electron chi connectivity index (χ4n) is 2.71. The minimum atomic E-state index is -4.02. The fourth-order valence-corrected chi connectivity index (χ4v) is 4.23. The second kappa shape index (κ2) is 6.47. The number of nitriles is 1.